The van der Waals surface area contributed by atoms with Crippen LogP contribution < -0.4 is 0 Å². The molecule has 1 N–H and O–H groups in total. The van der Waals surface area contributed by atoms with Crippen molar-refractivity contribution in [2.45, 2.75) is 25.4 Å². The molecule has 1 aromatic carbocycles. The third kappa shape index (κ3) is 3.36. The molecule has 0 bridgehead atoms. The van der Waals surface area contributed by atoms with Crippen molar-refractivity contribution in [3.05, 3.63) is 53.9 Å². The lowest BCUT2D eigenvalue weighted by molar-refractivity contribution is 0.0603. The molecule has 22 heavy (non-hydrogen) atoms. The van der Waals surface area contributed by atoms with Gasteiger partial charge in [0.2, 0.25) is 0 Å². The van der Waals surface area contributed by atoms with E-state index in [9.17, 15) is 4.79 Å². The molecule has 0 radical (unpaired) electrons. The van der Waals surface area contributed by atoms with Gasteiger partial charge in [-0.25, -0.2) is 0 Å². The SMILES string of the molecule is CN(C(=O)c1ccn[nH]1)C1CCCN(Cc2ccccc2)C1. The van der Waals surface area contributed by atoms with E-state index < -0.39 is 0 Å². The molecule has 1 aliphatic rings. The Kier molecular flexibility index (Phi) is 4.53. The summed E-state index contributed by atoms with van der Waals surface area (Å²) in [6.45, 7) is 2.96. The molecule has 1 aliphatic heterocycles. The summed E-state index contributed by atoms with van der Waals surface area (Å²) in [4.78, 5) is 16.7. The predicted octanol–water partition coefficient (Wildman–Crippen LogP) is 2.15. The Hall–Kier alpha value is -2.14. The smallest absolute Gasteiger partial charge is 0.271 e. The van der Waals surface area contributed by atoms with Gasteiger partial charge in [0.25, 0.3) is 5.91 Å². The first kappa shape index (κ1) is 14.8. The summed E-state index contributed by atoms with van der Waals surface area (Å²) in [6, 6.07) is 12.5. The zero-order chi connectivity index (χ0) is 15.4. The van der Waals surface area contributed by atoms with Gasteiger partial charge in [-0.15, -0.1) is 0 Å². The number of rotatable bonds is 4. The van der Waals surface area contributed by atoms with Crippen molar-refractivity contribution >= 4 is 5.91 Å². The largest absolute Gasteiger partial charge is 0.336 e. The Labute approximate surface area is 130 Å². The molecule has 2 heterocycles. The number of nitrogens with zero attached hydrogens (tertiary/aromatic N) is 3. The highest BCUT2D eigenvalue weighted by Crippen LogP contribution is 2.18. The van der Waals surface area contributed by atoms with E-state index in [4.69, 9.17) is 0 Å². The standard InChI is InChI=1S/C17H22N4O/c1-20(17(22)16-9-10-18-19-16)15-8-5-11-21(13-15)12-14-6-3-2-4-7-14/h2-4,6-7,9-10,15H,5,8,11-13H2,1H3,(H,18,19). The second kappa shape index (κ2) is 6.75. The first-order valence-corrected chi connectivity index (χ1v) is 7.77. The minimum absolute atomic E-state index is 0.0176. The zero-order valence-corrected chi connectivity index (χ0v) is 12.9. The lowest BCUT2D eigenvalue weighted by Crippen LogP contribution is -2.48. The quantitative estimate of drug-likeness (QED) is 0.941. The number of hydrogen-bond donors (Lipinski definition) is 1. The van der Waals surface area contributed by atoms with E-state index >= 15 is 0 Å². The first-order chi connectivity index (χ1) is 10.7. The number of amides is 1. The maximum absolute atomic E-state index is 12.4. The topological polar surface area (TPSA) is 52.2 Å². The van der Waals surface area contributed by atoms with Gasteiger partial charge >= 0.3 is 0 Å². The average Bonchev–Trinajstić information content (AvgIpc) is 3.09. The number of piperidine rings is 1. The van der Waals surface area contributed by atoms with Crippen molar-refractivity contribution in [3.8, 4) is 0 Å². The second-order valence-electron chi connectivity index (χ2n) is 5.90. The monoisotopic (exact) mass is 298 g/mol. The number of carbonyl (C=O) groups excluding carboxylic acids is 1. The Bertz CT molecular complexity index is 596. The molecule has 5 nitrogen and oxygen atoms in total. The Balaban J connectivity index is 1.61. The van der Waals surface area contributed by atoms with Crippen LogP contribution in [0.4, 0.5) is 0 Å². The number of H-pyrrole nitrogens is 1. The number of benzene rings is 1. The number of likely N-dealkylation sites (tertiary alicyclic amines) is 1. The maximum atomic E-state index is 12.4. The van der Waals surface area contributed by atoms with Crippen LogP contribution in [0.2, 0.25) is 0 Å². The van der Waals surface area contributed by atoms with Crippen LogP contribution in [-0.4, -0.2) is 52.1 Å². The lowest BCUT2D eigenvalue weighted by Gasteiger charge is -2.37. The summed E-state index contributed by atoms with van der Waals surface area (Å²) in [5, 5.41) is 6.61. The number of likely N-dealkylation sites (N-methyl/N-ethyl adjacent to an activating group) is 1. The van der Waals surface area contributed by atoms with Gasteiger partial charge in [0.15, 0.2) is 0 Å². The van der Waals surface area contributed by atoms with Gasteiger partial charge in [0.1, 0.15) is 5.69 Å². The number of hydrogen-bond acceptors (Lipinski definition) is 3. The van der Waals surface area contributed by atoms with E-state index in [1.54, 1.807) is 12.3 Å². The van der Waals surface area contributed by atoms with Crippen LogP contribution in [0, 0.1) is 0 Å². The number of aromatic nitrogens is 2. The summed E-state index contributed by atoms with van der Waals surface area (Å²) < 4.78 is 0. The third-order valence-corrected chi connectivity index (χ3v) is 4.33. The van der Waals surface area contributed by atoms with Crippen molar-refractivity contribution in [1.82, 2.24) is 20.0 Å². The highest BCUT2D eigenvalue weighted by molar-refractivity contribution is 5.92. The molecule has 1 atom stereocenters. The summed E-state index contributed by atoms with van der Waals surface area (Å²) in [7, 11) is 1.89. The van der Waals surface area contributed by atoms with Crippen LogP contribution in [0.1, 0.15) is 28.9 Å². The Morgan fingerprint density at radius 2 is 2.18 bits per heavy atom. The van der Waals surface area contributed by atoms with Crippen molar-refractivity contribution in [1.29, 1.82) is 0 Å². The lowest BCUT2D eigenvalue weighted by atomic mass is 10.0. The van der Waals surface area contributed by atoms with Gasteiger partial charge in [0.05, 0.1) is 0 Å². The molecule has 0 spiro atoms. The fourth-order valence-electron chi connectivity index (χ4n) is 3.06. The van der Waals surface area contributed by atoms with Crippen LogP contribution >= 0.6 is 0 Å². The third-order valence-electron chi connectivity index (χ3n) is 4.33. The highest BCUT2D eigenvalue weighted by Gasteiger charge is 2.27. The molecule has 1 aromatic heterocycles. The van der Waals surface area contributed by atoms with Gasteiger partial charge < -0.3 is 4.90 Å². The van der Waals surface area contributed by atoms with Crippen LogP contribution in [0.15, 0.2) is 42.6 Å². The van der Waals surface area contributed by atoms with Gasteiger partial charge in [-0.3, -0.25) is 14.8 Å². The summed E-state index contributed by atoms with van der Waals surface area (Å²) in [5.74, 6) is 0.0176. The molecule has 2 aromatic rings. The number of nitrogens with one attached hydrogen (secondary N) is 1. The van der Waals surface area contributed by atoms with Gasteiger partial charge in [-0.1, -0.05) is 30.3 Å². The van der Waals surface area contributed by atoms with Crippen molar-refractivity contribution < 1.29 is 4.79 Å². The van der Waals surface area contributed by atoms with E-state index in [2.05, 4.69) is 39.4 Å². The van der Waals surface area contributed by atoms with Gasteiger partial charge in [0, 0.05) is 32.4 Å². The molecular weight excluding hydrogens is 276 g/mol. The van der Waals surface area contributed by atoms with Crippen molar-refractivity contribution in [2.75, 3.05) is 20.1 Å². The predicted molar refractivity (Wildman–Crippen MR) is 85.4 cm³/mol. The number of aromatic amines is 1. The van der Waals surface area contributed by atoms with Crippen molar-refractivity contribution in [3.63, 3.8) is 0 Å². The van der Waals surface area contributed by atoms with E-state index in [0.717, 1.165) is 32.5 Å². The molecule has 1 saturated heterocycles. The zero-order valence-electron chi connectivity index (χ0n) is 12.9. The van der Waals surface area contributed by atoms with Crippen LogP contribution in [0.3, 0.4) is 0 Å². The normalized spacial score (nSPS) is 19.0. The van der Waals surface area contributed by atoms with Crippen molar-refractivity contribution in [2.24, 2.45) is 0 Å². The molecule has 116 valence electrons. The van der Waals surface area contributed by atoms with Crippen LogP contribution in [0.25, 0.3) is 0 Å². The fourth-order valence-corrected chi connectivity index (χ4v) is 3.06. The molecule has 0 saturated carbocycles. The number of carbonyl (C=O) groups is 1. The molecular formula is C17H22N4O. The minimum atomic E-state index is 0.0176. The first-order valence-electron chi connectivity index (χ1n) is 7.77. The van der Waals surface area contributed by atoms with E-state index in [0.29, 0.717) is 5.69 Å². The molecule has 5 heteroatoms. The van der Waals surface area contributed by atoms with E-state index in [1.807, 2.05) is 18.0 Å². The molecule has 3 rings (SSSR count). The second-order valence-corrected chi connectivity index (χ2v) is 5.90. The Morgan fingerprint density at radius 3 is 2.91 bits per heavy atom. The van der Waals surface area contributed by atoms with E-state index in [1.165, 1.54) is 5.56 Å². The Morgan fingerprint density at radius 1 is 1.36 bits per heavy atom. The van der Waals surface area contributed by atoms with E-state index in [-0.39, 0.29) is 11.9 Å². The molecule has 1 amide bonds. The highest BCUT2D eigenvalue weighted by atomic mass is 16.2. The molecule has 0 aliphatic carbocycles. The maximum Gasteiger partial charge on any atom is 0.271 e. The fraction of sp³-hybridized carbons (Fsp3) is 0.412. The van der Waals surface area contributed by atoms with Crippen LogP contribution in [0.5, 0.6) is 0 Å². The molecule has 1 unspecified atom stereocenters. The minimum Gasteiger partial charge on any atom is -0.336 e. The van der Waals surface area contributed by atoms with Crippen LogP contribution in [-0.2, 0) is 6.54 Å². The summed E-state index contributed by atoms with van der Waals surface area (Å²) >= 11 is 0. The van der Waals surface area contributed by atoms with Gasteiger partial charge in [-0.2, -0.15) is 5.10 Å². The van der Waals surface area contributed by atoms with Gasteiger partial charge in [-0.05, 0) is 31.0 Å². The molecule has 1 fully saturated rings. The summed E-state index contributed by atoms with van der Waals surface area (Å²) in [6.07, 6.45) is 3.80. The average molecular weight is 298 g/mol. The summed E-state index contributed by atoms with van der Waals surface area (Å²) in [5.41, 5.74) is 1.88.